The van der Waals surface area contributed by atoms with Gasteiger partial charge in [-0.1, -0.05) is 30.9 Å². The van der Waals surface area contributed by atoms with E-state index in [-0.39, 0.29) is 0 Å². The van der Waals surface area contributed by atoms with Gasteiger partial charge in [0.15, 0.2) is 0 Å². The fourth-order valence-corrected chi connectivity index (χ4v) is 5.85. The topological polar surface area (TPSA) is 68.8 Å². The highest BCUT2D eigenvalue weighted by atomic mass is 35.5. The number of piperazine rings is 2. The summed E-state index contributed by atoms with van der Waals surface area (Å²) in [6.45, 7) is 13.9. The quantitative estimate of drug-likeness (QED) is 0.194. The summed E-state index contributed by atoms with van der Waals surface area (Å²) in [5, 5.41) is 0. The zero-order chi connectivity index (χ0) is 29.9. The normalized spacial score (nSPS) is 21.0. The van der Waals surface area contributed by atoms with E-state index >= 15 is 0 Å². The molecule has 3 heterocycles. The summed E-state index contributed by atoms with van der Waals surface area (Å²) in [5.74, 6) is -1.21. The number of carbonyl (C=O) groups is 2. The zero-order valence-corrected chi connectivity index (χ0v) is 26.3. The van der Waals surface area contributed by atoms with Crippen LogP contribution in [0.25, 0.3) is 0 Å². The molecule has 41 heavy (non-hydrogen) atoms. The maximum atomic E-state index is 13.5. The third-order valence-corrected chi connectivity index (χ3v) is 8.54. The highest BCUT2D eigenvalue weighted by molar-refractivity contribution is 6.18. The molecule has 228 valence electrons. The first kappa shape index (κ1) is 33.1. The number of methoxy groups -OCH3 is 2. The van der Waals surface area contributed by atoms with Gasteiger partial charge < -0.3 is 34.0 Å². The molecule has 0 radical (unpaired) electrons. The van der Waals surface area contributed by atoms with Crippen molar-refractivity contribution in [3.8, 4) is 0 Å². The Kier molecular flexibility index (Phi) is 13.1. The molecule has 10 heteroatoms. The first-order valence-electron chi connectivity index (χ1n) is 14.5. The van der Waals surface area contributed by atoms with Gasteiger partial charge in [-0.05, 0) is 19.7 Å². The Labute approximate surface area is 251 Å². The summed E-state index contributed by atoms with van der Waals surface area (Å²) < 4.78 is 10.7. The Morgan fingerprint density at radius 3 is 1.63 bits per heavy atom. The van der Waals surface area contributed by atoms with Gasteiger partial charge in [0.2, 0.25) is 0 Å². The Bertz CT molecular complexity index is 989. The van der Waals surface area contributed by atoms with Gasteiger partial charge in [0, 0.05) is 103 Å². The van der Waals surface area contributed by atoms with Gasteiger partial charge in [-0.15, -0.1) is 11.6 Å². The lowest BCUT2D eigenvalue weighted by atomic mass is 9.78. The summed E-state index contributed by atoms with van der Waals surface area (Å²) in [6, 6.07) is 0. The SMILES string of the molecule is C=C(/C=C\C=C/CCl)C1C(C(=O)OC)=C(CCN2CCN(C)CC2)N(C)C(CCN2CCN(C)CC2)=C1C(=O)OC. The van der Waals surface area contributed by atoms with Crippen LogP contribution >= 0.6 is 11.6 Å². The molecule has 0 aromatic heterocycles. The van der Waals surface area contributed by atoms with Crippen LogP contribution in [-0.4, -0.2) is 143 Å². The van der Waals surface area contributed by atoms with E-state index in [4.69, 9.17) is 21.1 Å². The summed E-state index contributed by atoms with van der Waals surface area (Å²) >= 11 is 5.80. The maximum Gasteiger partial charge on any atom is 0.336 e. The van der Waals surface area contributed by atoms with Gasteiger partial charge in [-0.2, -0.15) is 0 Å². The van der Waals surface area contributed by atoms with Crippen molar-refractivity contribution < 1.29 is 19.1 Å². The van der Waals surface area contributed by atoms with Crippen molar-refractivity contribution in [1.29, 1.82) is 0 Å². The van der Waals surface area contributed by atoms with E-state index in [0.717, 1.165) is 76.8 Å². The first-order chi connectivity index (χ1) is 19.7. The molecule has 0 aromatic rings. The minimum atomic E-state index is -0.684. The molecule has 0 N–H and O–H groups in total. The Balaban J connectivity index is 2.05. The fourth-order valence-electron chi connectivity index (χ4n) is 5.74. The van der Waals surface area contributed by atoms with Gasteiger partial charge in [0.05, 0.1) is 31.3 Å². The molecule has 3 rings (SSSR count). The van der Waals surface area contributed by atoms with E-state index in [9.17, 15) is 9.59 Å². The maximum absolute atomic E-state index is 13.5. The lowest BCUT2D eigenvalue weighted by Gasteiger charge is -2.40. The number of rotatable bonds is 12. The Hall–Kier alpha value is -2.43. The van der Waals surface area contributed by atoms with Gasteiger partial charge in [0.25, 0.3) is 0 Å². The van der Waals surface area contributed by atoms with Gasteiger partial charge in [-0.25, -0.2) is 9.59 Å². The van der Waals surface area contributed by atoms with Crippen LogP contribution in [0, 0.1) is 5.92 Å². The van der Waals surface area contributed by atoms with E-state index in [1.54, 1.807) is 0 Å². The molecule has 0 bridgehead atoms. The minimum absolute atomic E-state index is 0.387. The molecule has 2 fully saturated rings. The van der Waals surface area contributed by atoms with Crippen molar-refractivity contribution in [2.24, 2.45) is 5.92 Å². The predicted octanol–water partition coefficient (Wildman–Crippen LogP) is 2.58. The van der Waals surface area contributed by atoms with Crippen molar-refractivity contribution in [3.63, 3.8) is 0 Å². The standard InChI is InChI=1S/C31H48ClN5O4/c1-24(10-8-7-9-13-32)27-28(30(38)40-5)25(11-14-36-20-16-33(2)17-21-36)35(4)26(29(27)31(39)41-6)12-15-37-22-18-34(3)19-23-37/h7-10,27H,1,11-23H2,2-6H3/b9-7-,10-8-. The third kappa shape index (κ3) is 8.78. The number of alkyl halides is 1. The van der Waals surface area contributed by atoms with E-state index in [1.807, 2.05) is 36.3 Å². The molecular formula is C31H48ClN5O4. The lowest BCUT2D eigenvalue weighted by molar-refractivity contribution is -0.137. The van der Waals surface area contributed by atoms with Crippen LogP contribution in [0.15, 0.2) is 59.0 Å². The highest BCUT2D eigenvalue weighted by Gasteiger charge is 2.41. The number of hydrogen-bond acceptors (Lipinski definition) is 9. The number of likely N-dealkylation sites (N-methyl/N-ethyl adjacent to an activating group) is 2. The molecule has 0 unspecified atom stereocenters. The van der Waals surface area contributed by atoms with Crippen molar-refractivity contribution in [2.45, 2.75) is 12.8 Å². The van der Waals surface area contributed by atoms with Crippen LogP contribution in [0.2, 0.25) is 0 Å². The molecule has 3 aliphatic rings. The van der Waals surface area contributed by atoms with Crippen molar-refractivity contribution in [2.75, 3.05) is 107 Å². The summed E-state index contributed by atoms with van der Waals surface area (Å²) in [6.07, 6.45) is 8.62. The van der Waals surface area contributed by atoms with Gasteiger partial charge in [-0.3, -0.25) is 0 Å². The van der Waals surface area contributed by atoms with Crippen LogP contribution < -0.4 is 0 Å². The molecule has 2 saturated heterocycles. The summed E-state index contributed by atoms with van der Waals surface area (Å²) in [5.41, 5.74) is 3.25. The van der Waals surface area contributed by atoms with Gasteiger partial charge >= 0.3 is 11.9 Å². The van der Waals surface area contributed by atoms with E-state index in [1.165, 1.54) is 14.2 Å². The number of carbonyl (C=O) groups excluding carboxylic acids is 2. The largest absolute Gasteiger partial charge is 0.466 e. The van der Waals surface area contributed by atoms with Crippen molar-refractivity contribution in [3.05, 3.63) is 59.0 Å². The van der Waals surface area contributed by atoms with Gasteiger partial charge in [0.1, 0.15) is 0 Å². The average Bonchev–Trinajstić information content (AvgIpc) is 2.98. The summed E-state index contributed by atoms with van der Waals surface area (Å²) in [4.78, 5) is 38.6. The number of ether oxygens (including phenoxy) is 2. The first-order valence-corrected chi connectivity index (χ1v) is 15.0. The number of hydrogen-bond donors (Lipinski definition) is 0. The van der Waals surface area contributed by atoms with Crippen LogP contribution in [-0.2, 0) is 19.1 Å². The van der Waals surface area contributed by atoms with Crippen LogP contribution in [0.3, 0.4) is 0 Å². The number of esters is 2. The second kappa shape index (κ2) is 16.3. The van der Waals surface area contributed by atoms with Crippen LogP contribution in [0.1, 0.15) is 12.8 Å². The second-order valence-corrected chi connectivity index (χ2v) is 11.3. The molecular weight excluding hydrogens is 542 g/mol. The number of halogens is 1. The van der Waals surface area contributed by atoms with Crippen LogP contribution in [0.5, 0.6) is 0 Å². The van der Waals surface area contributed by atoms with Crippen molar-refractivity contribution in [1.82, 2.24) is 24.5 Å². The number of allylic oxidation sites excluding steroid dienone is 5. The zero-order valence-electron chi connectivity index (χ0n) is 25.5. The number of nitrogens with zero attached hydrogens (tertiary/aromatic N) is 5. The third-order valence-electron chi connectivity index (χ3n) is 8.36. The molecule has 3 aliphatic heterocycles. The molecule has 0 spiro atoms. The minimum Gasteiger partial charge on any atom is -0.466 e. The van der Waals surface area contributed by atoms with E-state index in [0.29, 0.717) is 35.4 Å². The highest BCUT2D eigenvalue weighted by Crippen LogP contribution is 2.42. The molecule has 0 aliphatic carbocycles. The second-order valence-electron chi connectivity index (χ2n) is 11.0. The Morgan fingerprint density at radius 1 is 0.805 bits per heavy atom. The van der Waals surface area contributed by atoms with E-state index in [2.05, 4.69) is 40.3 Å². The van der Waals surface area contributed by atoms with Crippen molar-refractivity contribution >= 4 is 23.5 Å². The lowest BCUT2D eigenvalue weighted by Crippen LogP contribution is -2.46. The van der Waals surface area contributed by atoms with Crippen LogP contribution in [0.4, 0.5) is 0 Å². The summed E-state index contributed by atoms with van der Waals surface area (Å²) in [7, 11) is 9.01. The monoisotopic (exact) mass is 589 g/mol. The smallest absolute Gasteiger partial charge is 0.336 e. The molecule has 0 amide bonds. The molecule has 0 aromatic carbocycles. The molecule has 9 nitrogen and oxygen atoms in total. The Morgan fingerprint density at radius 2 is 1.24 bits per heavy atom. The van der Waals surface area contributed by atoms with E-state index < -0.39 is 17.9 Å². The molecule has 0 saturated carbocycles. The molecule has 0 atom stereocenters. The average molecular weight is 590 g/mol. The fraction of sp³-hybridized carbons (Fsp3) is 0.613. The predicted molar refractivity (Wildman–Crippen MR) is 165 cm³/mol.